The molecule has 1 aliphatic heterocycles. The Kier molecular flexibility index (Phi) is 5.85. The monoisotopic (exact) mass is 367 g/mol. The lowest BCUT2D eigenvalue weighted by molar-refractivity contribution is -0.0163. The zero-order valence-corrected chi connectivity index (χ0v) is 16.5. The highest BCUT2D eigenvalue weighted by Gasteiger charge is 2.32. The Labute approximate surface area is 161 Å². The highest BCUT2D eigenvalue weighted by atomic mass is 16.5. The molecular formula is C23H29NO3. The Morgan fingerprint density at radius 3 is 2.56 bits per heavy atom. The largest absolute Gasteiger partial charge is 0.491 e. The Morgan fingerprint density at radius 2 is 1.81 bits per heavy atom. The molecule has 1 aliphatic rings. The summed E-state index contributed by atoms with van der Waals surface area (Å²) in [6, 6.07) is 13.6. The maximum Gasteiger partial charge on any atom is 0.254 e. The van der Waals surface area contributed by atoms with Gasteiger partial charge >= 0.3 is 0 Å². The summed E-state index contributed by atoms with van der Waals surface area (Å²) in [7, 11) is 0. The number of carbonyl (C=O) groups excluding carboxylic acids is 1. The van der Waals surface area contributed by atoms with Crippen molar-refractivity contribution in [2.45, 2.75) is 45.6 Å². The number of hydrogen-bond acceptors (Lipinski definition) is 3. The second kappa shape index (κ2) is 8.13. The van der Waals surface area contributed by atoms with E-state index in [1.165, 1.54) is 11.1 Å². The maximum absolute atomic E-state index is 12.8. The lowest BCUT2D eigenvalue weighted by atomic mass is 9.96. The maximum atomic E-state index is 12.8. The molecule has 0 spiro atoms. The summed E-state index contributed by atoms with van der Waals surface area (Å²) in [4.78, 5) is 14.7. The van der Waals surface area contributed by atoms with E-state index in [1.54, 1.807) is 0 Å². The van der Waals surface area contributed by atoms with Crippen LogP contribution in [0.2, 0.25) is 0 Å². The summed E-state index contributed by atoms with van der Waals surface area (Å²) in [5, 5.41) is 11.0. The highest BCUT2D eigenvalue weighted by Crippen LogP contribution is 2.26. The van der Waals surface area contributed by atoms with Crippen molar-refractivity contribution in [2.75, 3.05) is 19.7 Å². The molecule has 0 bridgehead atoms. The predicted molar refractivity (Wildman–Crippen MR) is 107 cm³/mol. The van der Waals surface area contributed by atoms with Crippen LogP contribution in [0.4, 0.5) is 0 Å². The van der Waals surface area contributed by atoms with Gasteiger partial charge in [-0.2, -0.15) is 0 Å². The fourth-order valence-corrected chi connectivity index (χ4v) is 3.53. The first kappa shape index (κ1) is 19.4. The van der Waals surface area contributed by atoms with Crippen molar-refractivity contribution in [3.05, 3.63) is 64.7 Å². The summed E-state index contributed by atoms with van der Waals surface area (Å²) >= 11 is 0. The molecule has 4 heteroatoms. The Hall–Kier alpha value is -2.33. The van der Waals surface area contributed by atoms with E-state index in [4.69, 9.17) is 4.74 Å². The van der Waals surface area contributed by atoms with Crippen molar-refractivity contribution in [1.29, 1.82) is 0 Å². The molecule has 0 radical (unpaired) electrons. The van der Waals surface area contributed by atoms with Crippen molar-refractivity contribution >= 4 is 5.91 Å². The number of hydrogen-bond donors (Lipinski definition) is 1. The molecule has 1 fully saturated rings. The van der Waals surface area contributed by atoms with Crippen LogP contribution in [0, 0.1) is 20.8 Å². The first-order chi connectivity index (χ1) is 12.9. The Morgan fingerprint density at radius 1 is 1.04 bits per heavy atom. The number of aliphatic hydroxyl groups is 1. The number of amides is 1. The van der Waals surface area contributed by atoms with Crippen LogP contribution in [0.3, 0.4) is 0 Å². The van der Waals surface area contributed by atoms with Crippen LogP contribution in [0.1, 0.15) is 46.3 Å². The molecule has 0 aliphatic carbocycles. The fourth-order valence-electron chi connectivity index (χ4n) is 3.53. The van der Waals surface area contributed by atoms with Gasteiger partial charge in [0, 0.05) is 18.7 Å². The average Bonchev–Trinajstić information content (AvgIpc) is 2.85. The average molecular weight is 367 g/mol. The summed E-state index contributed by atoms with van der Waals surface area (Å²) in [6.45, 7) is 7.54. The molecule has 2 aromatic carbocycles. The molecule has 0 saturated carbocycles. The van der Waals surface area contributed by atoms with Gasteiger partial charge in [0.25, 0.3) is 5.91 Å². The minimum Gasteiger partial charge on any atom is -0.491 e. The number of likely N-dealkylation sites (tertiary alicyclic amines) is 1. The fraction of sp³-hybridized carbons (Fsp3) is 0.435. The van der Waals surface area contributed by atoms with Crippen LogP contribution in [-0.4, -0.2) is 41.2 Å². The lowest BCUT2D eigenvalue weighted by Gasteiger charge is -2.27. The van der Waals surface area contributed by atoms with Crippen LogP contribution in [0.25, 0.3) is 0 Å². The van der Waals surface area contributed by atoms with Gasteiger partial charge in [-0.3, -0.25) is 4.79 Å². The first-order valence-corrected chi connectivity index (χ1v) is 9.65. The van der Waals surface area contributed by atoms with E-state index in [0.29, 0.717) is 25.9 Å². The van der Waals surface area contributed by atoms with Crippen molar-refractivity contribution in [2.24, 2.45) is 0 Å². The zero-order chi connectivity index (χ0) is 19.4. The van der Waals surface area contributed by atoms with Gasteiger partial charge in [0.1, 0.15) is 18.0 Å². The van der Waals surface area contributed by atoms with E-state index in [-0.39, 0.29) is 12.5 Å². The van der Waals surface area contributed by atoms with Gasteiger partial charge in [-0.25, -0.2) is 0 Å². The van der Waals surface area contributed by atoms with Gasteiger partial charge in [0.05, 0.1) is 0 Å². The third-order valence-electron chi connectivity index (χ3n) is 5.57. The van der Waals surface area contributed by atoms with Crippen LogP contribution in [0.15, 0.2) is 42.5 Å². The summed E-state index contributed by atoms with van der Waals surface area (Å²) in [6.07, 6.45) is 1.93. The van der Waals surface area contributed by atoms with E-state index in [0.717, 1.165) is 23.3 Å². The quantitative estimate of drug-likeness (QED) is 0.887. The van der Waals surface area contributed by atoms with Crippen molar-refractivity contribution in [3.8, 4) is 5.75 Å². The van der Waals surface area contributed by atoms with Gasteiger partial charge in [-0.1, -0.05) is 24.3 Å². The predicted octanol–water partition coefficient (Wildman–Crippen LogP) is 4.05. The number of nitrogens with zero attached hydrogens (tertiary/aromatic N) is 1. The van der Waals surface area contributed by atoms with E-state index in [1.807, 2.05) is 54.3 Å². The molecule has 3 rings (SSSR count). The van der Waals surface area contributed by atoms with Gasteiger partial charge in [-0.15, -0.1) is 0 Å². The van der Waals surface area contributed by atoms with E-state index < -0.39 is 5.60 Å². The molecule has 1 saturated heterocycles. The van der Waals surface area contributed by atoms with Crippen molar-refractivity contribution < 1.29 is 14.6 Å². The van der Waals surface area contributed by atoms with Gasteiger partial charge in [0.15, 0.2) is 0 Å². The van der Waals surface area contributed by atoms with E-state index >= 15 is 0 Å². The minimum atomic E-state index is -0.903. The zero-order valence-electron chi connectivity index (χ0n) is 16.5. The molecule has 1 heterocycles. The number of aryl methyl sites for hydroxylation is 3. The summed E-state index contributed by atoms with van der Waals surface area (Å²) in [5.74, 6) is 0.830. The van der Waals surface area contributed by atoms with Crippen LogP contribution in [-0.2, 0) is 0 Å². The Bertz CT molecular complexity index is 817. The highest BCUT2D eigenvalue weighted by molar-refractivity contribution is 5.95. The van der Waals surface area contributed by atoms with Gasteiger partial charge in [0.2, 0.25) is 0 Å². The third kappa shape index (κ3) is 4.69. The molecule has 1 amide bonds. The molecule has 0 aromatic heterocycles. The number of ether oxygens (including phenoxy) is 1. The second-order valence-electron chi connectivity index (χ2n) is 7.72. The van der Waals surface area contributed by atoms with Crippen LogP contribution < -0.4 is 4.74 Å². The molecule has 4 nitrogen and oxygen atoms in total. The molecular weight excluding hydrogens is 338 g/mol. The van der Waals surface area contributed by atoms with E-state index in [9.17, 15) is 9.90 Å². The van der Waals surface area contributed by atoms with Crippen molar-refractivity contribution in [1.82, 2.24) is 4.90 Å². The molecule has 27 heavy (non-hydrogen) atoms. The topological polar surface area (TPSA) is 49.8 Å². The number of carbonyl (C=O) groups is 1. The molecule has 1 N–H and O–H groups in total. The summed E-state index contributed by atoms with van der Waals surface area (Å²) in [5.41, 5.74) is 3.23. The normalized spacial score (nSPS) is 20.2. The Balaban J connectivity index is 1.62. The van der Waals surface area contributed by atoms with Crippen LogP contribution >= 0.6 is 0 Å². The lowest BCUT2D eigenvalue weighted by Crippen LogP contribution is -2.38. The standard InChI is InChI=1S/C23H29NO3/c1-17-9-10-20(15-19(17)3)27-16-23(26)11-6-13-24(14-12-23)22(25)21-8-5-4-7-18(21)2/h4-5,7-10,15,26H,6,11-14,16H2,1-3H3. The molecule has 144 valence electrons. The van der Waals surface area contributed by atoms with Gasteiger partial charge in [-0.05, 0) is 74.9 Å². The second-order valence-corrected chi connectivity index (χ2v) is 7.72. The third-order valence-corrected chi connectivity index (χ3v) is 5.57. The molecule has 1 atom stereocenters. The van der Waals surface area contributed by atoms with E-state index in [2.05, 4.69) is 13.8 Å². The van der Waals surface area contributed by atoms with Gasteiger partial charge < -0.3 is 14.7 Å². The molecule has 2 aromatic rings. The van der Waals surface area contributed by atoms with Crippen LogP contribution in [0.5, 0.6) is 5.75 Å². The minimum absolute atomic E-state index is 0.0485. The smallest absolute Gasteiger partial charge is 0.254 e. The number of benzene rings is 2. The molecule has 1 unspecified atom stereocenters. The SMILES string of the molecule is Cc1ccc(OCC2(O)CCCN(C(=O)c3ccccc3C)CC2)cc1C. The first-order valence-electron chi connectivity index (χ1n) is 9.65. The van der Waals surface area contributed by atoms with Crippen molar-refractivity contribution in [3.63, 3.8) is 0 Å². The summed E-state index contributed by atoms with van der Waals surface area (Å²) < 4.78 is 5.89. The number of rotatable bonds is 4.